The molecule has 4 aliphatic rings. The van der Waals surface area contributed by atoms with E-state index in [4.69, 9.17) is 0 Å². The van der Waals surface area contributed by atoms with E-state index in [-0.39, 0.29) is 56.4 Å². The Morgan fingerprint density at radius 1 is 1.12 bits per heavy atom. The number of nitrogens with zero attached hydrogens (tertiary/aromatic N) is 2. The van der Waals surface area contributed by atoms with E-state index in [1.165, 1.54) is 15.9 Å². The number of carbonyl (C=O) groups excluding carboxylic acids is 4. The van der Waals surface area contributed by atoms with Crippen molar-refractivity contribution in [1.29, 1.82) is 0 Å². The number of likely N-dealkylation sites (tertiary alicyclic amines) is 1. The van der Waals surface area contributed by atoms with Gasteiger partial charge in [0.25, 0.3) is 11.8 Å². The van der Waals surface area contributed by atoms with Crippen molar-refractivity contribution in [1.82, 2.24) is 15.1 Å². The van der Waals surface area contributed by atoms with E-state index in [0.717, 1.165) is 6.07 Å². The molecule has 5 rings (SSSR count). The van der Waals surface area contributed by atoms with Crippen molar-refractivity contribution in [3.63, 3.8) is 0 Å². The van der Waals surface area contributed by atoms with E-state index in [1.807, 2.05) is 0 Å². The summed E-state index contributed by atoms with van der Waals surface area (Å²) < 4.78 is 52.9. The van der Waals surface area contributed by atoms with Crippen molar-refractivity contribution >= 4 is 23.6 Å². The number of amides is 4. The molecule has 7 nitrogen and oxygen atoms in total. The Morgan fingerprint density at radius 2 is 1.81 bits per heavy atom. The summed E-state index contributed by atoms with van der Waals surface area (Å²) in [5, 5.41) is 2.18. The van der Waals surface area contributed by atoms with Gasteiger partial charge in [-0.2, -0.15) is 13.2 Å². The smallest absolute Gasteiger partial charge is 0.337 e. The minimum absolute atomic E-state index is 0.00178. The lowest BCUT2D eigenvalue weighted by Crippen LogP contribution is -2.65. The lowest BCUT2D eigenvalue weighted by Gasteiger charge is -2.59. The van der Waals surface area contributed by atoms with Crippen LogP contribution in [0.15, 0.2) is 12.1 Å². The van der Waals surface area contributed by atoms with Gasteiger partial charge < -0.3 is 9.80 Å². The molecule has 0 bridgehead atoms. The number of piperidine rings is 1. The summed E-state index contributed by atoms with van der Waals surface area (Å²) in [4.78, 5) is 51.5. The van der Waals surface area contributed by atoms with Gasteiger partial charge in [0, 0.05) is 37.0 Å². The minimum atomic E-state index is -4.23. The third kappa shape index (κ3) is 3.17. The second kappa shape index (κ2) is 6.76. The summed E-state index contributed by atoms with van der Waals surface area (Å²) in [5.74, 6) is -4.44. The Bertz CT molecular complexity index is 1060. The zero-order chi connectivity index (χ0) is 23.0. The fourth-order valence-electron chi connectivity index (χ4n) is 5.31. The number of halogens is 4. The molecule has 170 valence electrons. The van der Waals surface area contributed by atoms with E-state index in [1.54, 1.807) is 0 Å². The van der Waals surface area contributed by atoms with E-state index in [0.29, 0.717) is 5.56 Å². The summed E-state index contributed by atoms with van der Waals surface area (Å²) in [5.41, 5.74) is -0.346. The highest BCUT2D eigenvalue weighted by atomic mass is 19.4. The molecule has 1 aromatic rings. The first-order chi connectivity index (χ1) is 15.0. The normalized spacial score (nSPS) is 24.9. The van der Waals surface area contributed by atoms with Crippen molar-refractivity contribution in [3.8, 4) is 0 Å². The van der Waals surface area contributed by atoms with Gasteiger partial charge in [-0.05, 0) is 37.0 Å². The molecular formula is C21H19F4N3O4. The average Bonchev–Trinajstić information content (AvgIpc) is 2.93. The summed E-state index contributed by atoms with van der Waals surface area (Å²) in [7, 11) is 0. The Balaban J connectivity index is 1.29. The van der Waals surface area contributed by atoms with Gasteiger partial charge in [-0.25, -0.2) is 4.39 Å². The molecule has 32 heavy (non-hydrogen) atoms. The van der Waals surface area contributed by atoms with Crippen molar-refractivity contribution in [2.24, 2.45) is 11.3 Å². The van der Waals surface area contributed by atoms with Crippen LogP contribution in [-0.4, -0.2) is 58.7 Å². The number of hydrogen-bond donors (Lipinski definition) is 1. The van der Waals surface area contributed by atoms with Crippen molar-refractivity contribution in [2.45, 2.75) is 44.4 Å². The topological polar surface area (TPSA) is 86.8 Å². The largest absolute Gasteiger partial charge is 0.391 e. The van der Waals surface area contributed by atoms with E-state index < -0.39 is 53.0 Å². The number of hydrogen-bond acceptors (Lipinski definition) is 4. The lowest BCUT2D eigenvalue weighted by atomic mass is 9.57. The molecule has 1 atom stereocenters. The molecule has 3 fully saturated rings. The van der Waals surface area contributed by atoms with Crippen LogP contribution in [0.5, 0.6) is 0 Å². The summed E-state index contributed by atoms with van der Waals surface area (Å²) >= 11 is 0. The van der Waals surface area contributed by atoms with Crippen LogP contribution < -0.4 is 5.32 Å². The Labute approximate surface area is 179 Å². The van der Waals surface area contributed by atoms with Gasteiger partial charge in [-0.15, -0.1) is 0 Å². The second-order valence-corrected chi connectivity index (χ2v) is 9.20. The third-order valence-corrected chi connectivity index (χ3v) is 7.00. The van der Waals surface area contributed by atoms with Gasteiger partial charge >= 0.3 is 6.18 Å². The van der Waals surface area contributed by atoms with Crippen molar-refractivity contribution in [3.05, 3.63) is 34.6 Å². The standard InChI is InChI=1S/C21H19F4N3O4/c22-14-4-12-10(7-28(19(12)32)15-1-2-16(29)26-17(15)30)3-13(14)18(31)27-8-20(9-27)5-11(6-20)21(23,24)25/h3-4,11,15H,1-2,5-9H2,(H,26,29,30). The van der Waals surface area contributed by atoms with E-state index in [2.05, 4.69) is 5.32 Å². The number of alkyl halides is 3. The fourth-order valence-corrected chi connectivity index (χ4v) is 5.31. The maximum absolute atomic E-state index is 14.7. The van der Waals surface area contributed by atoms with Crippen LogP contribution in [0.3, 0.4) is 0 Å². The van der Waals surface area contributed by atoms with E-state index >= 15 is 0 Å². The second-order valence-electron chi connectivity index (χ2n) is 9.20. The zero-order valence-electron chi connectivity index (χ0n) is 16.8. The van der Waals surface area contributed by atoms with Crippen LogP contribution in [0.4, 0.5) is 17.6 Å². The fraction of sp³-hybridized carbons (Fsp3) is 0.524. The molecule has 1 N–H and O–H groups in total. The average molecular weight is 453 g/mol. The highest BCUT2D eigenvalue weighted by molar-refractivity contribution is 6.06. The van der Waals surface area contributed by atoms with Crippen molar-refractivity contribution < 1.29 is 36.7 Å². The quantitative estimate of drug-likeness (QED) is 0.548. The van der Waals surface area contributed by atoms with Gasteiger partial charge in [0.1, 0.15) is 11.9 Å². The van der Waals surface area contributed by atoms with Gasteiger partial charge in [-0.3, -0.25) is 24.5 Å². The first-order valence-corrected chi connectivity index (χ1v) is 10.3. The zero-order valence-corrected chi connectivity index (χ0v) is 16.8. The molecule has 1 unspecified atom stereocenters. The molecule has 1 spiro atoms. The van der Waals surface area contributed by atoms with Crippen LogP contribution in [0.2, 0.25) is 0 Å². The number of carbonyl (C=O) groups is 4. The summed E-state index contributed by atoms with van der Waals surface area (Å²) in [6.45, 7) is 0.296. The molecule has 4 amide bonds. The van der Waals surface area contributed by atoms with Crippen LogP contribution in [0, 0.1) is 17.2 Å². The van der Waals surface area contributed by atoms with Crippen LogP contribution in [0.1, 0.15) is 52.0 Å². The van der Waals surface area contributed by atoms with Gasteiger partial charge in [-0.1, -0.05) is 0 Å². The van der Waals surface area contributed by atoms with Gasteiger partial charge in [0.05, 0.1) is 11.5 Å². The molecule has 11 heteroatoms. The molecule has 2 saturated heterocycles. The lowest BCUT2D eigenvalue weighted by molar-refractivity contribution is -0.238. The van der Waals surface area contributed by atoms with E-state index in [9.17, 15) is 36.7 Å². The first-order valence-electron chi connectivity index (χ1n) is 10.3. The van der Waals surface area contributed by atoms with Gasteiger partial charge in [0.2, 0.25) is 11.8 Å². The number of fused-ring (bicyclic) bond motifs is 1. The molecule has 0 aromatic heterocycles. The number of nitrogens with one attached hydrogen (secondary N) is 1. The molecule has 1 aromatic carbocycles. The maximum Gasteiger partial charge on any atom is 0.391 e. The summed E-state index contributed by atoms with van der Waals surface area (Å²) in [6.07, 6.45) is -4.04. The third-order valence-electron chi connectivity index (χ3n) is 7.00. The number of rotatable bonds is 2. The maximum atomic E-state index is 14.7. The van der Waals surface area contributed by atoms with Gasteiger partial charge in [0.15, 0.2) is 0 Å². The SMILES string of the molecule is O=C1CCC(N2Cc3cc(C(=O)N4CC5(CC(C(F)(F)F)C5)C4)c(F)cc3C2=O)C(=O)N1. The summed E-state index contributed by atoms with van der Waals surface area (Å²) in [6, 6.07) is 1.39. The molecule has 1 saturated carbocycles. The molecule has 3 heterocycles. The molecular weight excluding hydrogens is 434 g/mol. The predicted molar refractivity (Wildman–Crippen MR) is 99.6 cm³/mol. The Hall–Kier alpha value is -2.98. The Morgan fingerprint density at radius 3 is 2.44 bits per heavy atom. The number of imide groups is 1. The molecule has 3 aliphatic heterocycles. The Kier molecular flexibility index (Phi) is 4.41. The minimum Gasteiger partial charge on any atom is -0.337 e. The van der Waals surface area contributed by atoms with Crippen LogP contribution in [0.25, 0.3) is 0 Å². The first kappa shape index (κ1) is 20.9. The molecule has 1 aliphatic carbocycles. The van der Waals surface area contributed by atoms with Crippen LogP contribution in [-0.2, 0) is 16.1 Å². The monoisotopic (exact) mass is 453 g/mol. The molecule has 0 radical (unpaired) electrons. The predicted octanol–water partition coefficient (Wildman–Crippen LogP) is 2.00. The van der Waals surface area contributed by atoms with Crippen molar-refractivity contribution in [2.75, 3.05) is 13.1 Å². The number of benzene rings is 1. The highest BCUT2D eigenvalue weighted by Crippen LogP contribution is 2.57. The highest BCUT2D eigenvalue weighted by Gasteiger charge is 2.61. The van der Waals surface area contributed by atoms with Crippen LogP contribution >= 0.6 is 0 Å².